The van der Waals surface area contributed by atoms with Crippen molar-refractivity contribution in [1.82, 2.24) is 4.41 Å². The second-order valence-corrected chi connectivity index (χ2v) is 12.0. The Balaban J connectivity index is 1.71. The number of hydrogen-bond acceptors (Lipinski definition) is 6. The summed E-state index contributed by atoms with van der Waals surface area (Å²) in [5.41, 5.74) is 3.65. The Hall–Kier alpha value is -3.37. The van der Waals surface area contributed by atoms with Gasteiger partial charge in [-0.15, -0.1) is 0 Å². The molecule has 8 nitrogen and oxygen atoms in total. The molecule has 0 bridgehead atoms. The number of anilines is 1. The molecule has 0 amide bonds. The highest BCUT2D eigenvalue weighted by Crippen LogP contribution is 2.37. The smallest absolute Gasteiger partial charge is 0.279 e. The van der Waals surface area contributed by atoms with E-state index in [1.807, 2.05) is 31.2 Å². The number of benzene rings is 3. The predicted octanol–water partition coefficient (Wildman–Crippen LogP) is 4.31. The SMILES string of the molecule is CCS(=O)(=O)Nc1ccc(C2=NN(S(=O)(=O)c3ccc(OC)cc3)[C@@H](c3ccc(C)cc3)C2)cc1. The molecule has 1 N–H and O–H groups in total. The first-order valence-corrected chi connectivity index (χ1v) is 14.2. The minimum Gasteiger partial charge on any atom is -0.497 e. The van der Waals surface area contributed by atoms with Crippen LogP contribution in [0.2, 0.25) is 0 Å². The Morgan fingerprint density at radius 1 is 0.943 bits per heavy atom. The Labute approximate surface area is 206 Å². The molecule has 0 unspecified atom stereocenters. The Kier molecular flexibility index (Phi) is 6.86. The topological polar surface area (TPSA) is 105 Å². The van der Waals surface area contributed by atoms with Gasteiger partial charge in [0, 0.05) is 12.1 Å². The summed E-state index contributed by atoms with van der Waals surface area (Å²) in [5, 5.41) is 4.54. The van der Waals surface area contributed by atoms with E-state index in [4.69, 9.17) is 4.74 Å². The van der Waals surface area contributed by atoms with Crippen molar-refractivity contribution in [2.45, 2.75) is 31.2 Å². The fraction of sp³-hybridized carbons (Fsp3) is 0.240. The first-order valence-electron chi connectivity index (χ1n) is 11.1. The summed E-state index contributed by atoms with van der Waals surface area (Å²) in [7, 11) is -5.82. The molecule has 4 rings (SSSR count). The lowest BCUT2D eigenvalue weighted by molar-refractivity contribution is 0.371. The molecule has 0 aliphatic carbocycles. The maximum Gasteiger partial charge on any atom is 0.279 e. The van der Waals surface area contributed by atoms with E-state index in [1.54, 1.807) is 43.3 Å². The van der Waals surface area contributed by atoms with Gasteiger partial charge in [0.2, 0.25) is 10.0 Å². The third-order valence-corrected chi connectivity index (χ3v) is 8.81. The highest BCUT2D eigenvalue weighted by Gasteiger charge is 2.37. The van der Waals surface area contributed by atoms with Crippen LogP contribution in [0.4, 0.5) is 5.69 Å². The quantitative estimate of drug-likeness (QED) is 0.483. The molecule has 1 atom stereocenters. The summed E-state index contributed by atoms with van der Waals surface area (Å²) in [6, 6.07) is 20.2. The van der Waals surface area contributed by atoms with Crippen molar-refractivity contribution in [2.24, 2.45) is 5.10 Å². The van der Waals surface area contributed by atoms with Crippen LogP contribution in [0.1, 0.15) is 36.1 Å². The van der Waals surface area contributed by atoms with E-state index >= 15 is 0 Å². The molecular formula is C25H27N3O5S2. The number of rotatable bonds is 8. The Morgan fingerprint density at radius 2 is 1.57 bits per heavy atom. The van der Waals surface area contributed by atoms with Crippen molar-refractivity contribution in [3.63, 3.8) is 0 Å². The van der Waals surface area contributed by atoms with Crippen LogP contribution >= 0.6 is 0 Å². The van der Waals surface area contributed by atoms with Crippen LogP contribution in [-0.4, -0.2) is 39.8 Å². The summed E-state index contributed by atoms with van der Waals surface area (Å²) in [5.74, 6) is 0.529. The van der Waals surface area contributed by atoms with Gasteiger partial charge < -0.3 is 4.74 Å². The van der Waals surface area contributed by atoms with Crippen LogP contribution in [0.3, 0.4) is 0 Å². The molecule has 0 saturated carbocycles. The fourth-order valence-electron chi connectivity index (χ4n) is 3.76. The summed E-state index contributed by atoms with van der Waals surface area (Å²) in [6.45, 7) is 3.54. The van der Waals surface area contributed by atoms with Gasteiger partial charge in [-0.3, -0.25) is 4.72 Å². The highest BCUT2D eigenvalue weighted by molar-refractivity contribution is 7.92. The van der Waals surface area contributed by atoms with Gasteiger partial charge in [-0.1, -0.05) is 42.0 Å². The molecule has 184 valence electrons. The molecule has 0 spiro atoms. The molecule has 35 heavy (non-hydrogen) atoms. The largest absolute Gasteiger partial charge is 0.497 e. The molecule has 1 heterocycles. The zero-order valence-electron chi connectivity index (χ0n) is 19.7. The van der Waals surface area contributed by atoms with Crippen LogP contribution in [0.25, 0.3) is 0 Å². The van der Waals surface area contributed by atoms with Gasteiger partial charge in [0.15, 0.2) is 0 Å². The van der Waals surface area contributed by atoms with Crippen molar-refractivity contribution < 1.29 is 21.6 Å². The number of ether oxygens (including phenoxy) is 1. The Morgan fingerprint density at radius 3 is 2.14 bits per heavy atom. The normalized spacial score (nSPS) is 16.1. The number of sulfonamides is 2. The van der Waals surface area contributed by atoms with E-state index in [-0.39, 0.29) is 10.6 Å². The average Bonchev–Trinajstić information content (AvgIpc) is 3.31. The van der Waals surface area contributed by atoms with Gasteiger partial charge in [-0.2, -0.15) is 17.9 Å². The van der Waals surface area contributed by atoms with Crippen LogP contribution in [0.15, 0.2) is 82.8 Å². The standard InChI is InChI=1S/C25H27N3O5S2/c1-4-34(29,30)27-21-11-9-19(10-12-21)24-17-25(20-7-5-18(2)6-8-20)28(26-24)35(31,32)23-15-13-22(33-3)14-16-23/h5-16,25,27H,4,17H2,1-3H3/t25-/m1/s1. The van der Waals surface area contributed by atoms with E-state index in [9.17, 15) is 16.8 Å². The van der Waals surface area contributed by atoms with E-state index in [0.29, 0.717) is 29.1 Å². The molecule has 1 aliphatic rings. The van der Waals surface area contributed by atoms with Crippen LogP contribution in [0, 0.1) is 6.92 Å². The monoisotopic (exact) mass is 513 g/mol. The van der Waals surface area contributed by atoms with Gasteiger partial charge in [0.25, 0.3) is 10.0 Å². The molecule has 0 fully saturated rings. The molecule has 0 aromatic heterocycles. The summed E-state index contributed by atoms with van der Waals surface area (Å²) in [4.78, 5) is 0.115. The van der Waals surface area contributed by atoms with Crippen molar-refractivity contribution in [3.05, 3.63) is 89.5 Å². The molecule has 3 aromatic carbocycles. The second kappa shape index (κ2) is 9.71. The number of hydrazone groups is 1. The Bertz CT molecular complexity index is 1430. The van der Waals surface area contributed by atoms with E-state index in [0.717, 1.165) is 11.1 Å². The minimum absolute atomic E-state index is 0.0299. The van der Waals surface area contributed by atoms with Gasteiger partial charge in [-0.05, 0) is 61.4 Å². The molecule has 1 aliphatic heterocycles. The third kappa shape index (κ3) is 5.33. The summed E-state index contributed by atoms with van der Waals surface area (Å²) >= 11 is 0. The van der Waals surface area contributed by atoms with Crippen molar-refractivity contribution >= 4 is 31.4 Å². The van der Waals surface area contributed by atoms with Crippen molar-refractivity contribution in [3.8, 4) is 5.75 Å². The van der Waals surface area contributed by atoms with Crippen LogP contribution < -0.4 is 9.46 Å². The van der Waals surface area contributed by atoms with Crippen LogP contribution in [-0.2, 0) is 20.0 Å². The fourth-order valence-corrected chi connectivity index (χ4v) is 5.83. The molecule has 0 radical (unpaired) electrons. The maximum atomic E-state index is 13.6. The number of nitrogens with one attached hydrogen (secondary N) is 1. The van der Waals surface area contributed by atoms with E-state index < -0.39 is 26.1 Å². The lowest BCUT2D eigenvalue weighted by atomic mass is 9.98. The lowest BCUT2D eigenvalue weighted by Crippen LogP contribution is -2.27. The average molecular weight is 514 g/mol. The third-order valence-electron chi connectivity index (χ3n) is 5.81. The highest BCUT2D eigenvalue weighted by atomic mass is 32.2. The second-order valence-electron chi connectivity index (χ2n) is 8.21. The lowest BCUT2D eigenvalue weighted by Gasteiger charge is -2.23. The molecule has 10 heteroatoms. The first-order chi connectivity index (χ1) is 16.6. The number of aryl methyl sites for hydroxylation is 1. The number of nitrogens with zero attached hydrogens (tertiary/aromatic N) is 2. The summed E-state index contributed by atoms with van der Waals surface area (Å²) in [6.07, 6.45) is 0.373. The predicted molar refractivity (Wildman–Crippen MR) is 137 cm³/mol. The van der Waals surface area contributed by atoms with Crippen LogP contribution in [0.5, 0.6) is 5.75 Å². The van der Waals surface area contributed by atoms with Gasteiger partial charge in [0.05, 0.1) is 29.5 Å². The zero-order valence-corrected chi connectivity index (χ0v) is 21.3. The van der Waals surface area contributed by atoms with Gasteiger partial charge in [-0.25, -0.2) is 8.42 Å². The van der Waals surface area contributed by atoms with Crippen molar-refractivity contribution in [1.29, 1.82) is 0 Å². The van der Waals surface area contributed by atoms with Gasteiger partial charge >= 0.3 is 0 Å². The molecule has 3 aromatic rings. The number of methoxy groups -OCH3 is 1. The number of hydrogen-bond donors (Lipinski definition) is 1. The van der Waals surface area contributed by atoms with Crippen molar-refractivity contribution in [2.75, 3.05) is 17.6 Å². The molecular weight excluding hydrogens is 486 g/mol. The minimum atomic E-state index is -3.95. The summed E-state index contributed by atoms with van der Waals surface area (Å²) < 4.78 is 59.7. The molecule has 0 saturated heterocycles. The van der Waals surface area contributed by atoms with Gasteiger partial charge in [0.1, 0.15) is 5.75 Å². The van der Waals surface area contributed by atoms with E-state index in [1.165, 1.54) is 23.7 Å². The maximum absolute atomic E-state index is 13.6. The first kappa shape index (κ1) is 24.7. The van der Waals surface area contributed by atoms with E-state index in [2.05, 4.69) is 9.82 Å². The zero-order chi connectivity index (χ0) is 25.2.